The Kier molecular flexibility index (Phi) is 2.51. The summed E-state index contributed by atoms with van der Waals surface area (Å²) in [4.78, 5) is 3.97. The fourth-order valence-electron chi connectivity index (χ4n) is 1.21. The number of nitrogens with zero attached hydrogens (tertiary/aromatic N) is 3. The summed E-state index contributed by atoms with van der Waals surface area (Å²) in [5, 5.41) is 9.93. The molecule has 0 saturated heterocycles. The predicted octanol–water partition coefficient (Wildman–Crippen LogP) is 1.32. The van der Waals surface area contributed by atoms with E-state index in [2.05, 4.69) is 13.7 Å². The summed E-state index contributed by atoms with van der Waals surface area (Å²) in [7, 11) is 0. The summed E-state index contributed by atoms with van der Waals surface area (Å²) in [6, 6.07) is 1.86. The van der Waals surface area contributed by atoms with Crippen LogP contribution < -0.4 is 0 Å². The average Bonchev–Trinajstić information content (AvgIpc) is 2.70. The summed E-state index contributed by atoms with van der Waals surface area (Å²) in [6.07, 6.45) is 4.20. The molecule has 0 radical (unpaired) electrons. The zero-order valence-electron chi connectivity index (χ0n) is 7.58. The van der Waals surface area contributed by atoms with E-state index in [0.717, 1.165) is 22.9 Å². The minimum atomic E-state index is -0.720. The van der Waals surface area contributed by atoms with Crippen LogP contribution in [0.1, 0.15) is 22.9 Å². The highest BCUT2D eigenvalue weighted by Gasteiger charge is 2.14. The minimum Gasteiger partial charge on any atom is -0.382 e. The first-order valence-corrected chi connectivity index (χ1v) is 4.88. The van der Waals surface area contributed by atoms with Crippen LogP contribution in [0.15, 0.2) is 24.7 Å². The standard InChI is InChI=1S/C9H9N3OS/c1-6-2-3-10-4-7(6)9(13)8-5-11-14-12-8/h2-5,9,13H,1H3. The largest absolute Gasteiger partial charge is 0.382 e. The van der Waals surface area contributed by atoms with Gasteiger partial charge in [-0.3, -0.25) is 4.98 Å². The highest BCUT2D eigenvalue weighted by molar-refractivity contribution is 6.99. The first-order valence-electron chi connectivity index (χ1n) is 4.15. The Morgan fingerprint density at radius 3 is 2.93 bits per heavy atom. The molecule has 2 rings (SSSR count). The number of pyridine rings is 1. The normalized spacial score (nSPS) is 12.7. The summed E-state index contributed by atoms with van der Waals surface area (Å²) >= 11 is 1.09. The smallest absolute Gasteiger partial charge is 0.125 e. The van der Waals surface area contributed by atoms with E-state index in [1.165, 1.54) is 0 Å². The molecule has 5 heteroatoms. The number of aliphatic hydroxyl groups excluding tert-OH is 1. The molecule has 1 N–H and O–H groups in total. The predicted molar refractivity (Wildman–Crippen MR) is 52.9 cm³/mol. The Morgan fingerprint density at radius 1 is 1.43 bits per heavy atom. The average molecular weight is 207 g/mol. The molecule has 0 aliphatic heterocycles. The quantitative estimate of drug-likeness (QED) is 0.807. The van der Waals surface area contributed by atoms with Gasteiger partial charge in [-0.15, -0.1) is 0 Å². The van der Waals surface area contributed by atoms with Crippen LogP contribution in [0.3, 0.4) is 0 Å². The molecule has 2 heterocycles. The van der Waals surface area contributed by atoms with Crippen molar-refractivity contribution < 1.29 is 5.11 Å². The lowest BCUT2D eigenvalue weighted by molar-refractivity contribution is 0.215. The van der Waals surface area contributed by atoms with Gasteiger partial charge in [0.05, 0.1) is 17.9 Å². The van der Waals surface area contributed by atoms with Crippen LogP contribution in [-0.4, -0.2) is 18.8 Å². The summed E-state index contributed by atoms with van der Waals surface area (Å²) in [5.41, 5.74) is 2.35. The van der Waals surface area contributed by atoms with E-state index < -0.39 is 6.10 Å². The van der Waals surface area contributed by atoms with E-state index in [-0.39, 0.29) is 0 Å². The Morgan fingerprint density at radius 2 is 2.29 bits per heavy atom. The molecule has 0 aliphatic rings. The molecule has 1 atom stereocenters. The molecule has 4 nitrogen and oxygen atoms in total. The molecule has 14 heavy (non-hydrogen) atoms. The lowest BCUT2D eigenvalue weighted by Crippen LogP contribution is -2.02. The highest BCUT2D eigenvalue weighted by Crippen LogP contribution is 2.22. The van der Waals surface area contributed by atoms with Gasteiger partial charge in [0, 0.05) is 18.0 Å². The van der Waals surface area contributed by atoms with Crippen molar-refractivity contribution >= 4 is 11.7 Å². The van der Waals surface area contributed by atoms with Crippen molar-refractivity contribution in [2.75, 3.05) is 0 Å². The van der Waals surface area contributed by atoms with Crippen molar-refractivity contribution in [2.24, 2.45) is 0 Å². The SMILES string of the molecule is Cc1ccncc1C(O)c1cnsn1. The van der Waals surface area contributed by atoms with Crippen LogP contribution in [0.2, 0.25) is 0 Å². The van der Waals surface area contributed by atoms with Gasteiger partial charge in [-0.05, 0) is 18.6 Å². The van der Waals surface area contributed by atoms with E-state index in [9.17, 15) is 5.11 Å². The first-order chi connectivity index (χ1) is 6.79. The molecular weight excluding hydrogens is 198 g/mol. The Labute approximate surface area is 85.6 Å². The van der Waals surface area contributed by atoms with Gasteiger partial charge in [0.1, 0.15) is 11.8 Å². The first kappa shape index (κ1) is 9.23. The third-order valence-corrected chi connectivity index (χ3v) is 2.52. The lowest BCUT2D eigenvalue weighted by Gasteiger charge is -2.09. The van der Waals surface area contributed by atoms with Crippen LogP contribution >= 0.6 is 11.7 Å². The highest BCUT2D eigenvalue weighted by atomic mass is 32.1. The van der Waals surface area contributed by atoms with Crippen molar-refractivity contribution in [3.05, 3.63) is 41.5 Å². The maximum atomic E-state index is 9.93. The molecular formula is C9H9N3OS. The number of aromatic nitrogens is 3. The maximum absolute atomic E-state index is 9.93. The second kappa shape index (κ2) is 3.81. The summed E-state index contributed by atoms with van der Waals surface area (Å²) in [6.45, 7) is 1.93. The monoisotopic (exact) mass is 207 g/mol. The summed E-state index contributed by atoms with van der Waals surface area (Å²) in [5.74, 6) is 0. The molecule has 0 saturated carbocycles. The zero-order valence-corrected chi connectivity index (χ0v) is 8.40. The van der Waals surface area contributed by atoms with E-state index in [1.54, 1.807) is 18.6 Å². The van der Waals surface area contributed by atoms with Crippen molar-refractivity contribution in [1.82, 2.24) is 13.7 Å². The van der Waals surface area contributed by atoms with Gasteiger partial charge in [-0.25, -0.2) is 0 Å². The maximum Gasteiger partial charge on any atom is 0.125 e. The third-order valence-electron chi connectivity index (χ3n) is 2.03. The molecule has 0 fully saturated rings. The van der Waals surface area contributed by atoms with Crippen LogP contribution in [0.5, 0.6) is 0 Å². The van der Waals surface area contributed by atoms with E-state index in [1.807, 2.05) is 13.0 Å². The molecule has 0 amide bonds. The van der Waals surface area contributed by atoms with Crippen LogP contribution in [0.4, 0.5) is 0 Å². The van der Waals surface area contributed by atoms with Gasteiger partial charge in [0.15, 0.2) is 0 Å². The number of aryl methyl sites for hydroxylation is 1. The molecule has 0 bridgehead atoms. The number of rotatable bonds is 2. The molecule has 0 aromatic carbocycles. The molecule has 2 aromatic heterocycles. The second-order valence-electron chi connectivity index (χ2n) is 2.97. The summed E-state index contributed by atoms with van der Waals surface area (Å²) < 4.78 is 7.83. The number of hydrogen-bond acceptors (Lipinski definition) is 5. The fraction of sp³-hybridized carbons (Fsp3) is 0.222. The number of aliphatic hydroxyl groups is 1. The van der Waals surface area contributed by atoms with Crippen molar-refractivity contribution in [1.29, 1.82) is 0 Å². The third kappa shape index (κ3) is 1.64. The Bertz CT molecular complexity index is 416. The fourth-order valence-corrected chi connectivity index (χ4v) is 1.66. The zero-order chi connectivity index (χ0) is 9.97. The van der Waals surface area contributed by atoms with Crippen LogP contribution in [-0.2, 0) is 0 Å². The minimum absolute atomic E-state index is 0.575. The van der Waals surface area contributed by atoms with Gasteiger partial charge in [-0.1, -0.05) is 0 Å². The molecule has 2 aromatic rings. The van der Waals surface area contributed by atoms with Crippen LogP contribution in [0, 0.1) is 6.92 Å². The molecule has 0 aliphatic carbocycles. The van der Waals surface area contributed by atoms with Gasteiger partial charge in [0.25, 0.3) is 0 Å². The Balaban J connectivity index is 2.37. The Hall–Kier alpha value is -1.33. The lowest BCUT2D eigenvalue weighted by atomic mass is 10.0. The van der Waals surface area contributed by atoms with Crippen molar-refractivity contribution in [3.8, 4) is 0 Å². The van der Waals surface area contributed by atoms with E-state index in [0.29, 0.717) is 5.69 Å². The number of hydrogen-bond donors (Lipinski definition) is 1. The van der Waals surface area contributed by atoms with Crippen LogP contribution in [0.25, 0.3) is 0 Å². The van der Waals surface area contributed by atoms with Crippen molar-refractivity contribution in [2.45, 2.75) is 13.0 Å². The van der Waals surface area contributed by atoms with Gasteiger partial charge in [-0.2, -0.15) is 8.75 Å². The molecule has 72 valence electrons. The van der Waals surface area contributed by atoms with E-state index in [4.69, 9.17) is 0 Å². The molecule has 0 spiro atoms. The topological polar surface area (TPSA) is 58.9 Å². The van der Waals surface area contributed by atoms with E-state index >= 15 is 0 Å². The second-order valence-corrected chi connectivity index (χ2v) is 3.52. The van der Waals surface area contributed by atoms with Gasteiger partial charge in [0.2, 0.25) is 0 Å². The van der Waals surface area contributed by atoms with Gasteiger partial charge < -0.3 is 5.11 Å². The van der Waals surface area contributed by atoms with Crippen molar-refractivity contribution in [3.63, 3.8) is 0 Å². The van der Waals surface area contributed by atoms with Gasteiger partial charge >= 0.3 is 0 Å². The molecule has 1 unspecified atom stereocenters.